The Labute approximate surface area is 166 Å². The predicted octanol–water partition coefficient (Wildman–Crippen LogP) is 3.23. The monoisotopic (exact) mass is 384 g/mol. The number of anilines is 1. The van der Waals surface area contributed by atoms with Gasteiger partial charge in [-0.3, -0.25) is 4.90 Å². The summed E-state index contributed by atoms with van der Waals surface area (Å²) in [6.45, 7) is 7.53. The van der Waals surface area contributed by atoms with Crippen LogP contribution in [0.1, 0.15) is 18.9 Å². The molecule has 0 saturated carbocycles. The van der Waals surface area contributed by atoms with E-state index >= 15 is 0 Å². The number of para-hydroxylation sites is 1. The zero-order valence-corrected chi connectivity index (χ0v) is 16.4. The highest BCUT2D eigenvalue weighted by Gasteiger charge is 2.17. The number of carbonyl (C=O) groups is 1. The molecule has 0 radical (unpaired) electrons. The third kappa shape index (κ3) is 6.23. The van der Waals surface area contributed by atoms with Crippen molar-refractivity contribution in [2.45, 2.75) is 25.9 Å². The van der Waals surface area contributed by atoms with E-state index < -0.39 is 0 Å². The van der Waals surface area contributed by atoms with Crippen LogP contribution in [-0.4, -0.2) is 49.7 Å². The molecule has 1 atom stereocenters. The van der Waals surface area contributed by atoms with Crippen LogP contribution in [0.2, 0.25) is 0 Å². The summed E-state index contributed by atoms with van der Waals surface area (Å²) in [6.07, 6.45) is 0.912. The van der Waals surface area contributed by atoms with Crippen LogP contribution in [0.5, 0.6) is 0 Å². The number of benzene rings is 2. The van der Waals surface area contributed by atoms with E-state index in [1.807, 2.05) is 13.0 Å². The summed E-state index contributed by atoms with van der Waals surface area (Å²) in [5, 5.41) is 5.79. The summed E-state index contributed by atoms with van der Waals surface area (Å²) in [4.78, 5) is 16.9. The lowest BCUT2D eigenvalue weighted by atomic mass is 10.2. The Morgan fingerprint density at radius 3 is 2.39 bits per heavy atom. The molecule has 1 heterocycles. The summed E-state index contributed by atoms with van der Waals surface area (Å²) in [5.41, 5.74) is 2.16. The number of piperazine rings is 1. The Kier molecular flexibility index (Phi) is 7.25. The smallest absolute Gasteiger partial charge is 0.315 e. The second-order valence-electron chi connectivity index (χ2n) is 7.31. The van der Waals surface area contributed by atoms with Crippen molar-refractivity contribution in [1.82, 2.24) is 15.5 Å². The van der Waals surface area contributed by atoms with Gasteiger partial charge in [0.2, 0.25) is 0 Å². The van der Waals surface area contributed by atoms with Gasteiger partial charge in [0.1, 0.15) is 5.82 Å². The molecule has 1 aliphatic rings. The summed E-state index contributed by atoms with van der Waals surface area (Å²) >= 11 is 0. The van der Waals surface area contributed by atoms with Gasteiger partial charge in [-0.25, -0.2) is 9.18 Å². The molecule has 0 aliphatic carbocycles. The first kappa shape index (κ1) is 20.1. The van der Waals surface area contributed by atoms with E-state index in [-0.39, 0.29) is 17.9 Å². The Morgan fingerprint density at radius 2 is 1.71 bits per heavy atom. The molecule has 0 aromatic heterocycles. The Bertz CT molecular complexity index is 730. The van der Waals surface area contributed by atoms with Gasteiger partial charge in [-0.1, -0.05) is 30.3 Å². The fourth-order valence-corrected chi connectivity index (χ4v) is 3.38. The van der Waals surface area contributed by atoms with Gasteiger partial charge in [-0.2, -0.15) is 0 Å². The maximum Gasteiger partial charge on any atom is 0.315 e. The van der Waals surface area contributed by atoms with E-state index in [1.54, 1.807) is 12.1 Å². The van der Waals surface area contributed by atoms with Crippen molar-refractivity contribution in [1.29, 1.82) is 0 Å². The maximum atomic E-state index is 12.9. The zero-order chi connectivity index (χ0) is 19.8. The van der Waals surface area contributed by atoms with Crippen LogP contribution in [0.3, 0.4) is 0 Å². The summed E-state index contributed by atoms with van der Waals surface area (Å²) in [5.74, 6) is -0.272. The van der Waals surface area contributed by atoms with Crippen molar-refractivity contribution in [3.8, 4) is 0 Å². The molecule has 6 heteroatoms. The van der Waals surface area contributed by atoms with Crippen LogP contribution in [0, 0.1) is 5.82 Å². The van der Waals surface area contributed by atoms with Crippen LogP contribution in [0.25, 0.3) is 0 Å². The Morgan fingerprint density at radius 1 is 1.04 bits per heavy atom. The topological polar surface area (TPSA) is 47.6 Å². The molecule has 2 amide bonds. The molecule has 1 aliphatic heterocycles. The molecule has 2 aromatic carbocycles. The molecule has 150 valence electrons. The number of hydrogen-bond donors (Lipinski definition) is 2. The number of urea groups is 1. The largest absolute Gasteiger partial charge is 0.369 e. The molecule has 1 fully saturated rings. The third-order valence-electron chi connectivity index (χ3n) is 5.12. The lowest BCUT2D eigenvalue weighted by Crippen LogP contribution is -2.48. The summed E-state index contributed by atoms with van der Waals surface area (Å²) < 4.78 is 12.9. The zero-order valence-electron chi connectivity index (χ0n) is 16.4. The Balaban J connectivity index is 1.31. The van der Waals surface area contributed by atoms with Crippen LogP contribution >= 0.6 is 0 Å². The van der Waals surface area contributed by atoms with Gasteiger partial charge in [0.05, 0.1) is 0 Å². The molecule has 0 bridgehead atoms. The highest BCUT2D eigenvalue weighted by molar-refractivity contribution is 5.74. The van der Waals surface area contributed by atoms with Crippen molar-refractivity contribution in [2.24, 2.45) is 0 Å². The van der Waals surface area contributed by atoms with E-state index in [9.17, 15) is 9.18 Å². The molecule has 0 spiro atoms. The second kappa shape index (κ2) is 10.1. The third-order valence-corrected chi connectivity index (χ3v) is 5.12. The Hall–Kier alpha value is -2.60. The van der Waals surface area contributed by atoms with Gasteiger partial charge >= 0.3 is 6.03 Å². The lowest BCUT2D eigenvalue weighted by Gasteiger charge is -2.36. The fourth-order valence-electron chi connectivity index (χ4n) is 3.38. The number of nitrogens with one attached hydrogen (secondary N) is 2. The predicted molar refractivity (Wildman–Crippen MR) is 111 cm³/mol. The quantitative estimate of drug-likeness (QED) is 0.771. The van der Waals surface area contributed by atoms with Crippen LogP contribution in [-0.2, 0) is 6.54 Å². The minimum Gasteiger partial charge on any atom is -0.369 e. The van der Waals surface area contributed by atoms with E-state index in [0.717, 1.165) is 44.7 Å². The standard InChI is InChI=1S/C22H29FN4O/c1-18(25-22(28)24-17-19-7-9-20(23)10-8-19)11-12-26-13-15-27(16-14-26)21-5-3-2-4-6-21/h2-10,18H,11-17H2,1H3,(H2,24,25,28)/t18-/m1/s1. The highest BCUT2D eigenvalue weighted by atomic mass is 19.1. The van der Waals surface area contributed by atoms with E-state index in [0.29, 0.717) is 6.54 Å². The highest BCUT2D eigenvalue weighted by Crippen LogP contribution is 2.15. The van der Waals surface area contributed by atoms with Crippen molar-refractivity contribution >= 4 is 11.7 Å². The lowest BCUT2D eigenvalue weighted by molar-refractivity contribution is 0.227. The summed E-state index contributed by atoms with van der Waals surface area (Å²) in [6, 6.07) is 16.6. The first-order valence-electron chi connectivity index (χ1n) is 9.91. The van der Waals surface area contributed by atoms with Gasteiger partial charge in [0.25, 0.3) is 0 Å². The molecule has 28 heavy (non-hydrogen) atoms. The molecule has 2 N–H and O–H groups in total. The minimum atomic E-state index is -0.272. The first-order chi connectivity index (χ1) is 13.6. The van der Waals surface area contributed by atoms with E-state index in [2.05, 4.69) is 44.7 Å². The molecular formula is C22H29FN4O. The SMILES string of the molecule is C[C@H](CCN1CCN(c2ccccc2)CC1)NC(=O)NCc1ccc(F)cc1. The number of amides is 2. The van der Waals surface area contributed by atoms with E-state index in [4.69, 9.17) is 0 Å². The van der Waals surface area contributed by atoms with Crippen LogP contribution in [0.15, 0.2) is 54.6 Å². The first-order valence-corrected chi connectivity index (χ1v) is 9.91. The van der Waals surface area contributed by atoms with Gasteiger partial charge in [-0.15, -0.1) is 0 Å². The molecule has 3 rings (SSSR count). The van der Waals surface area contributed by atoms with Crippen LogP contribution < -0.4 is 15.5 Å². The van der Waals surface area contributed by atoms with Gasteiger partial charge < -0.3 is 15.5 Å². The normalized spacial score (nSPS) is 15.9. The average molecular weight is 384 g/mol. The molecule has 5 nitrogen and oxygen atoms in total. The van der Waals surface area contributed by atoms with Crippen molar-refractivity contribution in [3.05, 3.63) is 66.0 Å². The van der Waals surface area contributed by atoms with Crippen molar-refractivity contribution in [3.63, 3.8) is 0 Å². The number of hydrogen-bond acceptors (Lipinski definition) is 3. The van der Waals surface area contributed by atoms with Gasteiger partial charge in [0.15, 0.2) is 0 Å². The molecule has 0 unspecified atom stereocenters. The second-order valence-corrected chi connectivity index (χ2v) is 7.31. The summed E-state index contributed by atoms with van der Waals surface area (Å²) in [7, 11) is 0. The fraction of sp³-hybridized carbons (Fsp3) is 0.409. The van der Waals surface area contributed by atoms with Gasteiger partial charge in [0, 0.05) is 51.0 Å². The number of nitrogens with zero attached hydrogens (tertiary/aromatic N) is 2. The van der Waals surface area contributed by atoms with Gasteiger partial charge in [-0.05, 0) is 43.2 Å². The number of carbonyl (C=O) groups excluding carboxylic acids is 1. The molecule has 1 saturated heterocycles. The maximum absolute atomic E-state index is 12.9. The van der Waals surface area contributed by atoms with Crippen molar-refractivity contribution in [2.75, 3.05) is 37.6 Å². The average Bonchev–Trinajstić information content (AvgIpc) is 2.73. The minimum absolute atomic E-state index is 0.0976. The van der Waals surface area contributed by atoms with E-state index in [1.165, 1.54) is 17.8 Å². The van der Waals surface area contributed by atoms with Crippen LogP contribution in [0.4, 0.5) is 14.9 Å². The number of rotatable bonds is 7. The number of halogens is 1. The van der Waals surface area contributed by atoms with Crippen molar-refractivity contribution < 1.29 is 9.18 Å². The molecule has 2 aromatic rings. The molecular weight excluding hydrogens is 355 g/mol.